The lowest BCUT2D eigenvalue weighted by molar-refractivity contribution is -0.107. The number of aliphatic hydroxyl groups is 1. The molecule has 2 heterocycles. The molecule has 2 rings (SSSR count). The van der Waals surface area contributed by atoms with Gasteiger partial charge in [0.25, 0.3) is 0 Å². The number of hydrogen-bond donors (Lipinski definition) is 1. The van der Waals surface area contributed by atoms with Crippen molar-refractivity contribution in [2.45, 2.75) is 18.8 Å². The van der Waals surface area contributed by atoms with Gasteiger partial charge < -0.3 is 19.3 Å². The molecule has 0 aliphatic carbocycles. The predicted octanol–water partition coefficient (Wildman–Crippen LogP) is -0.286. The molecule has 0 aromatic rings. The summed E-state index contributed by atoms with van der Waals surface area (Å²) in [4.78, 5) is 0. The highest BCUT2D eigenvalue weighted by Gasteiger charge is 2.36. The molecule has 0 aromatic carbocycles. The molecule has 4 nitrogen and oxygen atoms in total. The van der Waals surface area contributed by atoms with Crippen molar-refractivity contribution >= 4 is 0 Å². The molecule has 2 saturated heterocycles. The fourth-order valence-corrected chi connectivity index (χ4v) is 1.56. The Labute approximate surface area is 65.1 Å². The third-order valence-electron chi connectivity index (χ3n) is 2.23. The third-order valence-corrected chi connectivity index (χ3v) is 2.23. The lowest BCUT2D eigenvalue weighted by Crippen LogP contribution is -2.29. The van der Waals surface area contributed by atoms with Crippen LogP contribution >= 0.6 is 0 Å². The van der Waals surface area contributed by atoms with E-state index in [0.29, 0.717) is 20.0 Å². The molecule has 0 radical (unpaired) electrons. The normalized spacial score (nSPS) is 45.0. The molecular weight excluding hydrogens is 148 g/mol. The van der Waals surface area contributed by atoms with Gasteiger partial charge in [-0.3, -0.25) is 0 Å². The van der Waals surface area contributed by atoms with Crippen molar-refractivity contribution in [3.8, 4) is 0 Å². The summed E-state index contributed by atoms with van der Waals surface area (Å²) >= 11 is 0. The minimum atomic E-state index is -0.651. The third kappa shape index (κ3) is 1.39. The molecule has 3 unspecified atom stereocenters. The molecule has 64 valence electrons. The van der Waals surface area contributed by atoms with Gasteiger partial charge in [0.05, 0.1) is 19.3 Å². The molecule has 0 aromatic heterocycles. The van der Waals surface area contributed by atoms with E-state index in [1.54, 1.807) is 0 Å². The molecule has 2 fully saturated rings. The quantitative estimate of drug-likeness (QED) is 0.573. The minimum Gasteiger partial charge on any atom is -0.368 e. The van der Waals surface area contributed by atoms with Crippen molar-refractivity contribution in [3.63, 3.8) is 0 Å². The van der Waals surface area contributed by atoms with Gasteiger partial charge in [-0.25, -0.2) is 0 Å². The molecule has 0 saturated carbocycles. The Balaban J connectivity index is 1.92. The Morgan fingerprint density at radius 1 is 1.27 bits per heavy atom. The van der Waals surface area contributed by atoms with Crippen molar-refractivity contribution in [1.82, 2.24) is 0 Å². The maximum absolute atomic E-state index is 9.29. The molecule has 0 spiro atoms. The highest BCUT2D eigenvalue weighted by Crippen LogP contribution is 2.26. The summed E-state index contributed by atoms with van der Waals surface area (Å²) in [5.41, 5.74) is 0. The number of ether oxygens (including phenoxy) is 3. The first-order chi connectivity index (χ1) is 5.38. The largest absolute Gasteiger partial charge is 0.368 e. The Bertz CT molecular complexity index is 132. The van der Waals surface area contributed by atoms with Crippen LogP contribution in [-0.2, 0) is 14.2 Å². The van der Waals surface area contributed by atoms with E-state index in [4.69, 9.17) is 14.2 Å². The molecule has 11 heavy (non-hydrogen) atoms. The first-order valence-corrected chi connectivity index (χ1v) is 3.87. The van der Waals surface area contributed by atoms with E-state index in [9.17, 15) is 5.11 Å². The number of aliphatic hydroxyl groups excluding tert-OH is 1. The summed E-state index contributed by atoms with van der Waals surface area (Å²) in [6.45, 7) is 1.57. The highest BCUT2D eigenvalue weighted by molar-refractivity contribution is 4.78. The summed E-state index contributed by atoms with van der Waals surface area (Å²) in [6, 6.07) is 0. The Morgan fingerprint density at radius 3 is 2.73 bits per heavy atom. The minimum absolute atomic E-state index is 0.0347. The van der Waals surface area contributed by atoms with Crippen molar-refractivity contribution in [2.75, 3.05) is 20.0 Å². The lowest BCUT2D eigenvalue weighted by Gasteiger charge is -2.17. The monoisotopic (exact) mass is 160 g/mol. The molecule has 1 N–H and O–H groups in total. The molecular formula is C7H12O4. The van der Waals surface area contributed by atoms with Crippen LogP contribution in [0, 0.1) is 5.92 Å². The number of rotatable bonds is 1. The topological polar surface area (TPSA) is 47.9 Å². The second kappa shape index (κ2) is 3.06. The van der Waals surface area contributed by atoms with Gasteiger partial charge in [-0.2, -0.15) is 0 Å². The van der Waals surface area contributed by atoms with Crippen molar-refractivity contribution in [2.24, 2.45) is 5.92 Å². The van der Waals surface area contributed by atoms with E-state index in [0.717, 1.165) is 6.42 Å². The van der Waals surface area contributed by atoms with Crippen molar-refractivity contribution in [1.29, 1.82) is 0 Å². The van der Waals surface area contributed by atoms with E-state index in [2.05, 4.69) is 0 Å². The van der Waals surface area contributed by atoms with Gasteiger partial charge in [-0.15, -0.1) is 0 Å². The van der Waals surface area contributed by atoms with Gasteiger partial charge in [0.1, 0.15) is 6.79 Å². The molecule has 2 aliphatic heterocycles. The average Bonchev–Trinajstić information content (AvgIpc) is 2.55. The standard InChI is InChI=1S/C7H12O4/c8-7-5(1-2-10-7)6-3-9-4-11-6/h5-8H,1-4H2. The smallest absolute Gasteiger partial charge is 0.159 e. The first kappa shape index (κ1) is 7.49. The van der Waals surface area contributed by atoms with Gasteiger partial charge in [0, 0.05) is 5.92 Å². The van der Waals surface area contributed by atoms with Gasteiger partial charge in [0.2, 0.25) is 0 Å². The highest BCUT2D eigenvalue weighted by atomic mass is 16.7. The SMILES string of the molecule is OC1OCCC1C1COCO1. The molecule has 0 bridgehead atoms. The zero-order valence-corrected chi connectivity index (χ0v) is 6.23. The van der Waals surface area contributed by atoms with E-state index in [1.807, 2.05) is 0 Å². The zero-order chi connectivity index (χ0) is 7.68. The van der Waals surface area contributed by atoms with Crippen LogP contribution in [-0.4, -0.2) is 37.5 Å². The van der Waals surface area contributed by atoms with Crippen LogP contribution in [0.25, 0.3) is 0 Å². The van der Waals surface area contributed by atoms with E-state index >= 15 is 0 Å². The maximum Gasteiger partial charge on any atom is 0.159 e. The Kier molecular flexibility index (Phi) is 2.09. The first-order valence-electron chi connectivity index (χ1n) is 3.87. The van der Waals surface area contributed by atoms with Crippen LogP contribution in [0.2, 0.25) is 0 Å². The van der Waals surface area contributed by atoms with E-state index in [1.165, 1.54) is 0 Å². The van der Waals surface area contributed by atoms with Gasteiger partial charge in [-0.05, 0) is 6.42 Å². The second-order valence-electron chi connectivity index (χ2n) is 2.91. The van der Waals surface area contributed by atoms with E-state index in [-0.39, 0.29) is 12.0 Å². The van der Waals surface area contributed by atoms with Crippen LogP contribution in [0.4, 0.5) is 0 Å². The van der Waals surface area contributed by atoms with Crippen LogP contribution in [0.5, 0.6) is 0 Å². The van der Waals surface area contributed by atoms with Crippen LogP contribution < -0.4 is 0 Å². The molecule has 2 aliphatic rings. The van der Waals surface area contributed by atoms with Crippen molar-refractivity contribution < 1.29 is 19.3 Å². The van der Waals surface area contributed by atoms with Crippen LogP contribution in [0.15, 0.2) is 0 Å². The Hall–Kier alpha value is -0.160. The molecule has 0 amide bonds. The summed E-state index contributed by atoms with van der Waals surface area (Å²) in [6.07, 6.45) is 0.254. The second-order valence-corrected chi connectivity index (χ2v) is 2.91. The van der Waals surface area contributed by atoms with Gasteiger partial charge in [0.15, 0.2) is 6.29 Å². The van der Waals surface area contributed by atoms with Gasteiger partial charge >= 0.3 is 0 Å². The summed E-state index contributed by atoms with van der Waals surface area (Å²) < 4.78 is 15.3. The zero-order valence-electron chi connectivity index (χ0n) is 6.23. The van der Waals surface area contributed by atoms with E-state index < -0.39 is 6.29 Å². The van der Waals surface area contributed by atoms with Crippen LogP contribution in [0.3, 0.4) is 0 Å². The summed E-state index contributed by atoms with van der Waals surface area (Å²) in [5.74, 6) is 0.109. The predicted molar refractivity (Wildman–Crippen MR) is 35.8 cm³/mol. The van der Waals surface area contributed by atoms with Gasteiger partial charge in [-0.1, -0.05) is 0 Å². The molecule has 4 heteroatoms. The van der Waals surface area contributed by atoms with Crippen molar-refractivity contribution in [3.05, 3.63) is 0 Å². The summed E-state index contributed by atoms with van der Waals surface area (Å²) in [5, 5.41) is 9.29. The maximum atomic E-state index is 9.29. The summed E-state index contributed by atoms with van der Waals surface area (Å²) in [7, 11) is 0. The fourth-order valence-electron chi connectivity index (χ4n) is 1.56. The molecule has 3 atom stereocenters. The number of hydrogen-bond acceptors (Lipinski definition) is 4. The van der Waals surface area contributed by atoms with Crippen LogP contribution in [0.1, 0.15) is 6.42 Å². The lowest BCUT2D eigenvalue weighted by atomic mass is 10.0. The Morgan fingerprint density at radius 2 is 2.18 bits per heavy atom. The average molecular weight is 160 g/mol. The fraction of sp³-hybridized carbons (Fsp3) is 1.00.